The highest BCUT2D eigenvalue weighted by molar-refractivity contribution is 5.79. The lowest BCUT2D eigenvalue weighted by Gasteiger charge is -2.29. The summed E-state index contributed by atoms with van der Waals surface area (Å²) in [5.74, 6) is 0.191. The second-order valence-electron chi connectivity index (χ2n) is 5.95. The van der Waals surface area contributed by atoms with Crippen molar-refractivity contribution >= 4 is 5.91 Å². The zero-order chi connectivity index (χ0) is 15.2. The van der Waals surface area contributed by atoms with Gasteiger partial charge in [0.1, 0.15) is 0 Å². The zero-order valence-corrected chi connectivity index (χ0v) is 13.0. The molecule has 116 valence electrons. The van der Waals surface area contributed by atoms with Crippen LogP contribution < -0.4 is 5.32 Å². The minimum atomic E-state index is -0.496. The molecule has 1 aromatic carbocycles. The molecule has 0 aliphatic carbocycles. The van der Waals surface area contributed by atoms with Crippen molar-refractivity contribution in [1.29, 1.82) is 0 Å². The van der Waals surface area contributed by atoms with Gasteiger partial charge in [-0.1, -0.05) is 37.3 Å². The fourth-order valence-electron chi connectivity index (χ4n) is 3.12. The fourth-order valence-corrected chi connectivity index (χ4v) is 3.12. The predicted molar refractivity (Wildman–Crippen MR) is 83.8 cm³/mol. The molecule has 0 aromatic heterocycles. The summed E-state index contributed by atoms with van der Waals surface area (Å²) in [4.78, 5) is 14.4. The highest BCUT2D eigenvalue weighted by Gasteiger charge is 2.32. The van der Waals surface area contributed by atoms with Crippen LogP contribution in [0.4, 0.5) is 0 Å². The summed E-state index contributed by atoms with van der Waals surface area (Å²) in [5, 5.41) is 13.4. The Hall–Kier alpha value is -1.39. The molecule has 1 fully saturated rings. The normalized spacial score (nSPS) is 21.3. The zero-order valence-electron chi connectivity index (χ0n) is 13.0. The van der Waals surface area contributed by atoms with Gasteiger partial charge in [-0.25, -0.2) is 0 Å². The molecule has 21 heavy (non-hydrogen) atoms. The third kappa shape index (κ3) is 4.05. The lowest BCUT2D eigenvalue weighted by atomic mass is 10.00. The van der Waals surface area contributed by atoms with Gasteiger partial charge in [0, 0.05) is 25.0 Å². The van der Waals surface area contributed by atoms with Crippen LogP contribution >= 0.6 is 0 Å². The first kappa shape index (κ1) is 16.0. The maximum absolute atomic E-state index is 12.5. The van der Waals surface area contributed by atoms with Crippen LogP contribution in [0.3, 0.4) is 0 Å². The molecular weight excluding hydrogens is 264 g/mol. The minimum Gasteiger partial charge on any atom is -0.388 e. The molecular formula is C17H26N2O2. The number of nitrogens with zero attached hydrogens (tertiary/aromatic N) is 1. The quantitative estimate of drug-likeness (QED) is 0.842. The number of aliphatic hydroxyl groups is 1. The first-order chi connectivity index (χ1) is 10.1. The van der Waals surface area contributed by atoms with Crippen LogP contribution in [0.15, 0.2) is 30.3 Å². The number of aliphatic hydroxyl groups excluding tert-OH is 1. The summed E-state index contributed by atoms with van der Waals surface area (Å²) < 4.78 is 0. The van der Waals surface area contributed by atoms with Crippen LogP contribution in [0.5, 0.6) is 0 Å². The average molecular weight is 290 g/mol. The number of hydrogen-bond donors (Lipinski definition) is 2. The molecule has 1 aromatic rings. The molecule has 0 bridgehead atoms. The van der Waals surface area contributed by atoms with Crippen molar-refractivity contribution in [1.82, 2.24) is 10.2 Å². The molecule has 1 amide bonds. The van der Waals surface area contributed by atoms with E-state index >= 15 is 0 Å². The first-order valence-electron chi connectivity index (χ1n) is 7.81. The monoisotopic (exact) mass is 290 g/mol. The van der Waals surface area contributed by atoms with E-state index in [0.717, 1.165) is 24.9 Å². The summed E-state index contributed by atoms with van der Waals surface area (Å²) in [6, 6.07) is 9.86. The Morgan fingerprint density at radius 3 is 2.81 bits per heavy atom. The fraction of sp³-hybridized carbons (Fsp3) is 0.588. The van der Waals surface area contributed by atoms with Gasteiger partial charge in [0.15, 0.2) is 0 Å². The Morgan fingerprint density at radius 2 is 2.14 bits per heavy atom. The van der Waals surface area contributed by atoms with Crippen LogP contribution in [0.1, 0.15) is 37.9 Å². The SMILES string of the molecule is CNCC(C)C(=O)N1CCCC1CC(O)c1ccccc1. The van der Waals surface area contributed by atoms with Gasteiger partial charge < -0.3 is 15.3 Å². The van der Waals surface area contributed by atoms with Gasteiger partial charge in [0.2, 0.25) is 5.91 Å². The molecule has 0 saturated carbocycles. The number of rotatable bonds is 6. The van der Waals surface area contributed by atoms with E-state index in [4.69, 9.17) is 0 Å². The van der Waals surface area contributed by atoms with Crippen LogP contribution in [0.2, 0.25) is 0 Å². The second kappa shape index (κ2) is 7.57. The molecule has 4 nitrogen and oxygen atoms in total. The molecule has 3 atom stereocenters. The first-order valence-corrected chi connectivity index (χ1v) is 7.81. The molecule has 0 spiro atoms. The summed E-state index contributed by atoms with van der Waals surface area (Å²) in [7, 11) is 1.87. The number of amides is 1. The summed E-state index contributed by atoms with van der Waals surface area (Å²) in [5.41, 5.74) is 0.931. The standard InChI is InChI=1S/C17H26N2O2/c1-13(12-18-2)17(21)19-10-6-9-15(19)11-16(20)14-7-4-3-5-8-14/h3-5,7-8,13,15-16,18,20H,6,9-12H2,1-2H3. The molecule has 4 heteroatoms. The third-order valence-electron chi connectivity index (χ3n) is 4.27. The number of benzene rings is 1. The highest BCUT2D eigenvalue weighted by Crippen LogP contribution is 2.28. The molecule has 1 heterocycles. The number of nitrogens with one attached hydrogen (secondary N) is 1. The van der Waals surface area contributed by atoms with Crippen LogP contribution in [0, 0.1) is 5.92 Å². The van der Waals surface area contributed by atoms with Gasteiger partial charge in [0.25, 0.3) is 0 Å². The van der Waals surface area contributed by atoms with Gasteiger partial charge in [-0.15, -0.1) is 0 Å². The van der Waals surface area contributed by atoms with E-state index in [0.29, 0.717) is 13.0 Å². The van der Waals surface area contributed by atoms with Crippen molar-refractivity contribution in [2.45, 2.75) is 38.3 Å². The average Bonchev–Trinajstić information content (AvgIpc) is 2.95. The van der Waals surface area contributed by atoms with Crippen LogP contribution in [0.25, 0.3) is 0 Å². The molecule has 2 N–H and O–H groups in total. The molecule has 3 unspecified atom stereocenters. The van der Waals surface area contributed by atoms with E-state index < -0.39 is 6.10 Å². The van der Waals surface area contributed by atoms with Gasteiger partial charge >= 0.3 is 0 Å². The van der Waals surface area contributed by atoms with Crippen LogP contribution in [-0.2, 0) is 4.79 Å². The molecule has 1 aliphatic rings. The molecule has 1 aliphatic heterocycles. The smallest absolute Gasteiger partial charge is 0.226 e. The molecule has 2 rings (SSSR count). The van der Waals surface area contributed by atoms with Crippen molar-refractivity contribution in [3.05, 3.63) is 35.9 Å². The van der Waals surface area contributed by atoms with Gasteiger partial charge in [-0.05, 0) is 31.9 Å². The number of carbonyl (C=O) groups is 1. The van der Waals surface area contributed by atoms with Crippen molar-refractivity contribution < 1.29 is 9.90 Å². The van der Waals surface area contributed by atoms with Gasteiger partial charge in [-0.3, -0.25) is 4.79 Å². The van der Waals surface area contributed by atoms with Crippen molar-refractivity contribution in [2.24, 2.45) is 5.92 Å². The Kier molecular flexibility index (Phi) is 5.76. The summed E-state index contributed by atoms with van der Waals surface area (Å²) in [6.45, 7) is 3.48. The van der Waals surface area contributed by atoms with E-state index in [1.165, 1.54) is 0 Å². The van der Waals surface area contributed by atoms with Crippen molar-refractivity contribution in [3.63, 3.8) is 0 Å². The third-order valence-corrected chi connectivity index (χ3v) is 4.27. The molecule has 0 radical (unpaired) electrons. The maximum Gasteiger partial charge on any atom is 0.226 e. The lowest BCUT2D eigenvalue weighted by molar-refractivity contribution is -0.136. The Bertz CT molecular complexity index is 449. The van der Waals surface area contributed by atoms with Crippen LogP contribution in [-0.4, -0.2) is 42.1 Å². The van der Waals surface area contributed by atoms with Gasteiger partial charge in [-0.2, -0.15) is 0 Å². The predicted octanol–water partition coefficient (Wildman–Crippen LogP) is 1.96. The van der Waals surface area contributed by atoms with Crippen molar-refractivity contribution in [3.8, 4) is 0 Å². The maximum atomic E-state index is 12.5. The molecule has 1 saturated heterocycles. The lowest BCUT2D eigenvalue weighted by Crippen LogP contribution is -2.42. The second-order valence-corrected chi connectivity index (χ2v) is 5.95. The number of likely N-dealkylation sites (tertiary alicyclic amines) is 1. The Balaban J connectivity index is 1.97. The summed E-state index contributed by atoms with van der Waals surface area (Å²) >= 11 is 0. The Morgan fingerprint density at radius 1 is 1.43 bits per heavy atom. The Labute approximate surface area is 127 Å². The highest BCUT2D eigenvalue weighted by atomic mass is 16.3. The number of hydrogen-bond acceptors (Lipinski definition) is 3. The van der Waals surface area contributed by atoms with E-state index in [9.17, 15) is 9.90 Å². The van der Waals surface area contributed by atoms with E-state index in [-0.39, 0.29) is 17.9 Å². The summed E-state index contributed by atoms with van der Waals surface area (Å²) in [6.07, 6.45) is 2.15. The van der Waals surface area contributed by atoms with E-state index in [1.54, 1.807) is 0 Å². The van der Waals surface area contributed by atoms with Crippen molar-refractivity contribution in [2.75, 3.05) is 20.1 Å². The largest absolute Gasteiger partial charge is 0.388 e. The number of carbonyl (C=O) groups excluding carboxylic acids is 1. The topological polar surface area (TPSA) is 52.6 Å². The van der Waals surface area contributed by atoms with E-state index in [1.807, 2.05) is 49.2 Å². The van der Waals surface area contributed by atoms with E-state index in [2.05, 4.69) is 5.32 Å². The minimum absolute atomic E-state index is 0.00975. The van der Waals surface area contributed by atoms with Gasteiger partial charge in [0.05, 0.1) is 6.10 Å².